The third-order valence-corrected chi connectivity index (χ3v) is 3.72. The van der Waals surface area contributed by atoms with Crippen LogP contribution >= 0.6 is 0 Å². The first-order chi connectivity index (χ1) is 9.11. The van der Waals surface area contributed by atoms with Crippen LogP contribution in [0.1, 0.15) is 31.7 Å². The summed E-state index contributed by atoms with van der Waals surface area (Å²) in [6.45, 7) is 6.19. The van der Waals surface area contributed by atoms with Gasteiger partial charge in [-0.2, -0.15) is 0 Å². The molecule has 1 saturated heterocycles. The van der Waals surface area contributed by atoms with Crippen LogP contribution < -0.4 is 16.0 Å². The minimum Gasteiger partial charge on any atom is -0.372 e. The topological polar surface area (TPSA) is 58.4 Å². The minimum atomic E-state index is -0.433. The van der Waals surface area contributed by atoms with Crippen molar-refractivity contribution in [2.45, 2.75) is 39.2 Å². The molecule has 0 radical (unpaired) electrons. The van der Waals surface area contributed by atoms with E-state index >= 15 is 0 Å². The van der Waals surface area contributed by atoms with Gasteiger partial charge < -0.3 is 16.0 Å². The maximum Gasteiger partial charge on any atom is 0.241 e. The van der Waals surface area contributed by atoms with Crippen LogP contribution in [-0.2, 0) is 4.79 Å². The predicted molar refractivity (Wildman–Crippen MR) is 79.5 cm³/mol. The van der Waals surface area contributed by atoms with Gasteiger partial charge in [0.25, 0.3) is 0 Å². The first kappa shape index (κ1) is 13.9. The van der Waals surface area contributed by atoms with Gasteiger partial charge in [0.15, 0.2) is 0 Å². The molecule has 4 heteroatoms. The van der Waals surface area contributed by atoms with Crippen LogP contribution in [0.15, 0.2) is 18.2 Å². The van der Waals surface area contributed by atoms with E-state index in [4.69, 9.17) is 5.73 Å². The number of aryl methyl sites for hydroxylation is 1. The second kappa shape index (κ2) is 6.06. The average Bonchev–Trinajstić information content (AvgIpc) is 2.94. The summed E-state index contributed by atoms with van der Waals surface area (Å²) in [5.74, 6) is -0.112. The molecule has 1 aliphatic rings. The quantitative estimate of drug-likeness (QED) is 0.874. The number of hydrogen-bond acceptors (Lipinski definition) is 3. The van der Waals surface area contributed by atoms with Crippen molar-refractivity contribution in [1.82, 2.24) is 0 Å². The molecule has 0 saturated carbocycles. The van der Waals surface area contributed by atoms with Gasteiger partial charge in [0.1, 0.15) is 0 Å². The van der Waals surface area contributed by atoms with Gasteiger partial charge in [0.2, 0.25) is 5.91 Å². The van der Waals surface area contributed by atoms with Crippen molar-refractivity contribution in [2.75, 3.05) is 23.3 Å². The highest BCUT2D eigenvalue weighted by molar-refractivity contribution is 5.95. The normalized spacial score (nSPS) is 16.5. The SMILES string of the molecule is CC[C@H](N)C(=O)Nc1ccc(N2CCCC2)cc1C. The standard InChI is InChI=1S/C15H23N3O/c1-3-13(16)15(19)17-14-7-6-12(10-11(14)2)18-8-4-5-9-18/h6-7,10,13H,3-5,8-9,16H2,1-2H3,(H,17,19)/t13-/m0/s1. The Morgan fingerprint density at radius 3 is 2.68 bits per heavy atom. The van der Waals surface area contributed by atoms with Crippen molar-refractivity contribution in [3.63, 3.8) is 0 Å². The number of nitrogens with two attached hydrogens (primary N) is 1. The predicted octanol–water partition coefficient (Wildman–Crippen LogP) is 2.27. The fourth-order valence-corrected chi connectivity index (χ4v) is 2.37. The fraction of sp³-hybridized carbons (Fsp3) is 0.533. The molecule has 2 rings (SSSR count). The summed E-state index contributed by atoms with van der Waals surface area (Å²) in [6.07, 6.45) is 3.18. The Morgan fingerprint density at radius 1 is 1.42 bits per heavy atom. The zero-order valence-electron chi connectivity index (χ0n) is 11.8. The third kappa shape index (κ3) is 3.26. The molecule has 104 valence electrons. The maximum absolute atomic E-state index is 11.8. The van der Waals surface area contributed by atoms with Gasteiger partial charge in [-0.1, -0.05) is 6.92 Å². The van der Waals surface area contributed by atoms with Crippen molar-refractivity contribution >= 4 is 17.3 Å². The second-order valence-electron chi connectivity index (χ2n) is 5.20. The molecular weight excluding hydrogens is 238 g/mol. The van der Waals surface area contributed by atoms with E-state index in [2.05, 4.69) is 22.3 Å². The number of hydrogen-bond donors (Lipinski definition) is 2. The lowest BCUT2D eigenvalue weighted by Crippen LogP contribution is -2.35. The van der Waals surface area contributed by atoms with E-state index in [1.54, 1.807) is 0 Å². The van der Waals surface area contributed by atoms with Crippen LogP contribution in [0.4, 0.5) is 11.4 Å². The number of rotatable bonds is 4. The molecule has 19 heavy (non-hydrogen) atoms. The minimum absolute atomic E-state index is 0.112. The number of nitrogens with zero attached hydrogens (tertiary/aromatic N) is 1. The van der Waals surface area contributed by atoms with Gasteiger partial charge in [0, 0.05) is 24.5 Å². The Labute approximate surface area is 115 Å². The summed E-state index contributed by atoms with van der Waals surface area (Å²) in [6, 6.07) is 5.75. The van der Waals surface area contributed by atoms with Crippen molar-refractivity contribution in [2.24, 2.45) is 5.73 Å². The first-order valence-corrected chi connectivity index (χ1v) is 7.04. The Morgan fingerprint density at radius 2 is 2.11 bits per heavy atom. The smallest absolute Gasteiger partial charge is 0.241 e. The Hall–Kier alpha value is -1.55. The van der Waals surface area contributed by atoms with Gasteiger partial charge in [0.05, 0.1) is 6.04 Å². The molecule has 1 atom stereocenters. The molecule has 1 fully saturated rings. The Kier molecular flexibility index (Phi) is 4.43. The van der Waals surface area contributed by atoms with E-state index in [0.717, 1.165) is 24.3 Å². The molecule has 1 amide bonds. The van der Waals surface area contributed by atoms with Crippen molar-refractivity contribution in [3.8, 4) is 0 Å². The van der Waals surface area contributed by atoms with Crippen molar-refractivity contribution in [1.29, 1.82) is 0 Å². The van der Waals surface area contributed by atoms with Crippen LogP contribution in [0.25, 0.3) is 0 Å². The number of nitrogens with one attached hydrogen (secondary N) is 1. The summed E-state index contributed by atoms with van der Waals surface area (Å²) >= 11 is 0. The van der Waals surface area contributed by atoms with Crippen LogP contribution in [0, 0.1) is 6.92 Å². The second-order valence-corrected chi connectivity index (χ2v) is 5.20. The number of carbonyl (C=O) groups is 1. The molecule has 0 bridgehead atoms. The van der Waals surface area contributed by atoms with Crippen LogP contribution in [0.5, 0.6) is 0 Å². The van der Waals surface area contributed by atoms with Crippen molar-refractivity contribution < 1.29 is 4.79 Å². The lowest BCUT2D eigenvalue weighted by atomic mass is 10.1. The van der Waals surface area contributed by atoms with Crippen LogP contribution in [-0.4, -0.2) is 25.0 Å². The summed E-state index contributed by atoms with van der Waals surface area (Å²) in [7, 11) is 0. The van der Waals surface area contributed by atoms with E-state index in [1.165, 1.54) is 18.5 Å². The van der Waals surface area contributed by atoms with E-state index in [0.29, 0.717) is 6.42 Å². The molecule has 3 N–H and O–H groups in total. The Bertz CT molecular complexity index is 453. The molecule has 0 aromatic heterocycles. The number of amides is 1. The molecular formula is C15H23N3O. The van der Waals surface area contributed by atoms with Crippen LogP contribution in [0.3, 0.4) is 0 Å². The van der Waals surface area contributed by atoms with E-state index in [-0.39, 0.29) is 5.91 Å². The molecule has 1 aromatic carbocycles. The summed E-state index contributed by atoms with van der Waals surface area (Å²) < 4.78 is 0. The maximum atomic E-state index is 11.8. The highest BCUT2D eigenvalue weighted by Gasteiger charge is 2.15. The number of benzene rings is 1. The highest BCUT2D eigenvalue weighted by atomic mass is 16.2. The monoisotopic (exact) mass is 261 g/mol. The average molecular weight is 261 g/mol. The molecule has 0 spiro atoms. The van der Waals surface area contributed by atoms with Gasteiger partial charge >= 0.3 is 0 Å². The zero-order valence-corrected chi connectivity index (χ0v) is 11.8. The third-order valence-electron chi connectivity index (χ3n) is 3.72. The summed E-state index contributed by atoms with van der Waals surface area (Å²) in [5.41, 5.74) is 8.91. The van der Waals surface area contributed by atoms with Gasteiger partial charge in [-0.05, 0) is 49.9 Å². The van der Waals surface area contributed by atoms with Gasteiger partial charge in [-0.15, -0.1) is 0 Å². The van der Waals surface area contributed by atoms with E-state index < -0.39 is 6.04 Å². The first-order valence-electron chi connectivity index (χ1n) is 7.04. The number of carbonyl (C=O) groups excluding carboxylic acids is 1. The lowest BCUT2D eigenvalue weighted by Gasteiger charge is -2.19. The lowest BCUT2D eigenvalue weighted by molar-refractivity contribution is -0.117. The summed E-state index contributed by atoms with van der Waals surface area (Å²) in [4.78, 5) is 14.2. The van der Waals surface area contributed by atoms with E-state index in [1.807, 2.05) is 19.9 Å². The van der Waals surface area contributed by atoms with Crippen LogP contribution in [0.2, 0.25) is 0 Å². The summed E-state index contributed by atoms with van der Waals surface area (Å²) in [5, 5.41) is 2.90. The zero-order chi connectivity index (χ0) is 13.8. The highest BCUT2D eigenvalue weighted by Crippen LogP contribution is 2.25. The fourth-order valence-electron chi connectivity index (χ4n) is 2.37. The molecule has 0 aliphatic carbocycles. The molecule has 0 unspecified atom stereocenters. The largest absolute Gasteiger partial charge is 0.372 e. The van der Waals surface area contributed by atoms with Gasteiger partial charge in [-0.3, -0.25) is 4.79 Å². The Balaban J connectivity index is 2.08. The number of anilines is 2. The molecule has 4 nitrogen and oxygen atoms in total. The van der Waals surface area contributed by atoms with Crippen molar-refractivity contribution in [3.05, 3.63) is 23.8 Å². The van der Waals surface area contributed by atoms with Gasteiger partial charge in [-0.25, -0.2) is 0 Å². The molecule has 1 aliphatic heterocycles. The van der Waals surface area contributed by atoms with E-state index in [9.17, 15) is 4.79 Å². The molecule has 1 heterocycles. The molecule has 1 aromatic rings.